The molecule has 0 unspecified atom stereocenters. The first-order chi connectivity index (χ1) is 9.38. The predicted molar refractivity (Wildman–Crippen MR) is 72.2 cm³/mol. The van der Waals surface area contributed by atoms with Crippen LogP contribution in [0.2, 0.25) is 0 Å². The highest BCUT2D eigenvalue weighted by atomic mass is 19.4. The van der Waals surface area contributed by atoms with Gasteiger partial charge in [0.1, 0.15) is 0 Å². The fraction of sp³-hybridized carbons (Fsp3) is 0.214. The lowest BCUT2D eigenvalue weighted by Crippen LogP contribution is -2.10. The lowest BCUT2D eigenvalue weighted by Gasteiger charge is -2.13. The summed E-state index contributed by atoms with van der Waals surface area (Å²) >= 11 is 0. The predicted octanol–water partition coefficient (Wildman–Crippen LogP) is 3.60. The minimum atomic E-state index is -4.45. The second-order valence-corrected chi connectivity index (χ2v) is 4.46. The Kier molecular flexibility index (Phi) is 3.83. The number of nitrogen functional groups attached to an aromatic ring is 1. The summed E-state index contributed by atoms with van der Waals surface area (Å²) in [5.41, 5.74) is 6.57. The van der Waals surface area contributed by atoms with E-state index in [4.69, 9.17) is 5.73 Å². The van der Waals surface area contributed by atoms with Gasteiger partial charge in [0.25, 0.3) is 0 Å². The molecule has 1 aromatic carbocycles. The number of anilines is 2. The number of aryl methyl sites for hydroxylation is 1. The Morgan fingerprint density at radius 1 is 1.25 bits per heavy atom. The summed E-state index contributed by atoms with van der Waals surface area (Å²) in [6.45, 7) is 2.32. The van der Waals surface area contributed by atoms with Crippen molar-refractivity contribution in [2.75, 3.05) is 11.1 Å². The first-order valence-electron chi connectivity index (χ1n) is 5.98. The number of nitrogens with zero attached hydrogens (tertiary/aromatic N) is 1. The minimum Gasteiger partial charge on any atom is -0.398 e. The van der Waals surface area contributed by atoms with E-state index in [0.29, 0.717) is 12.2 Å². The number of rotatable bonds is 3. The number of halogens is 3. The van der Waals surface area contributed by atoms with Gasteiger partial charge in [-0.25, -0.2) is 0 Å². The van der Waals surface area contributed by atoms with Crippen LogP contribution >= 0.6 is 0 Å². The second kappa shape index (κ2) is 5.40. The van der Waals surface area contributed by atoms with Crippen molar-refractivity contribution in [3.8, 4) is 0 Å². The molecule has 2 rings (SSSR count). The molecule has 0 saturated carbocycles. The summed E-state index contributed by atoms with van der Waals surface area (Å²) < 4.78 is 38.2. The highest BCUT2D eigenvalue weighted by Crippen LogP contribution is 2.35. The van der Waals surface area contributed by atoms with Gasteiger partial charge in [-0.15, -0.1) is 0 Å². The van der Waals surface area contributed by atoms with Crippen molar-refractivity contribution in [1.82, 2.24) is 4.98 Å². The molecule has 0 radical (unpaired) electrons. The van der Waals surface area contributed by atoms with Crippen LogP contribution in [0, 0.1) is 6.92 Å². The largest absolute Gasteiger partial charge is 0.418 e. The van der Waals surface area contributed by atoms with Crippen molar-refractivity contribution in [1.29, 1.82) is 0 Å². The van der Waals surface area contributed by atoms with E-state index < -0.39 is 11.7 Å². The Morgan fingerprint density at radius 2 is 2.00 bits per heavy atom. The van der Waals surface area contributed by atoms with E-state index in [-0.39, 0.29) is 5.69 Å². The van der Waals surface area contributed by atoms with Crippen LogP contribution in [0.4, 0.5) is 24.5 Å². The van der Waals surface area contributed by atoms with Crippen LogP contribution in [0.3, 0.4) is 0 Å². The maximum Gasteiger partial charge on any atom is 0.418 e. The number of nitrogens with one attached hydrogen (secondary N) is 1. The molecule has 3 nitrogen and oxygen atoms in total. The molecule has 0 amide bonds. The summed E-state index contributed by atoms with van der Waals surface area (Å²) in [4.78, 5) is 3.99. The lowest BCUT2D eigenvalue weighted by atomic mass is 10.1. The minimum absolute atomic E-state index is 0.277. The van der Waals surface area contributed by atoms with E-state index in [0.717, 1.165) is 17.2 Å². The average molecular weight is 281 g/mol. The van der Waals surface area contributed by atoms with E-state index in [1.54, 1.807) is 12.4 Å². The van der Waals surface area contributed by atoms with Crippen molar-refractivity contribution in [2.45, 2.75) is 19.6 Å². The fourth-order valence-electron chi connectivity index (χ4n) is 1.79. The third kappa shape index (κ3) is 3.20. The average Bonchev–Trinajstić information content (AvgIpc) is 2.38. The molecule has 3 N–H and O–H groups in total. The maximum absolute atomic E-state index is 12.7. The molecule has 6 heteroatoms. The molecule has 1 aromatic heterocycles. The van der Waals surface area contributed by atoms with Gasteiger partial charge in [-0.2, -0.15) is 13.2 Å². The Morgan fingerprint density at radius 3 is 2.65 bits per heavy atom. The molecule has 0 aliphatic rings. The topological polar surface area (TPSA) is 50.9 Å². The lowest BCUT2D eigenvalue weighted by molar-refractivity contribution is -0.136. The summed E-state index contributed by atoms with van der Waals surface area (Å²) in [6.07, 6.45) is -1.10. The number of hydrogen-bond donors (Lipinski definition) is 2. The number of alkyl halides is 3. The normalized spacial score (nSPS) is 11.4. The smallest absolute Gasteiger partial charge is 0.398 e. The Bertz CT molecular complexity index is 609. The SMILES string of the molecule is Cc1ccncc1CNc1ccc(N)c(C(F)(F)F)c1. The highest BCUT2D eigenvalue weighted by molar-refractivity contribution is 5.58. The molecular formula is C14H14F3N3. The van der Waals surface area contributed by atoms with Crippen LogP contribution in [-0.4, -0.2) is 4.98 Å². The second-order valence-electron chi connectivity index (χ2n) is 4.46. The van der Waals surface area contributed by atoms with Gasteiger partial charge in [-0.3, -0.25) is 4.98 Å². The maximum atomic E-state index is 12.7. The number of pyridine rings is 1. The van der Waals surface area contributed by atoms with Crippen molar-refractivity contribution >= 4 is 11.4 Å². The van der Waals surface area contributed by atoms with Crippen LogP contribution < -0.4 is 11.1 Å². The van der Waals surface area contributed by atoms with Crippen LogP contribution in [0.25, 0.3) is 0 Å². The van der Waals surface area contributed by atoms with E-state index in [1.807, 2.05) is 13.0 Å². The van der Waals surface area contributed by atoms with Crippen LogP contribution in [0.5, 0.6) is 0 Å². The van der Waals surface area contributed by atoms with E-state index >= 15 is 0 Å². The summed E-state index contributed by atoms with van der Waals surface area (Å²) in [5.74, 6) is 0. The van der Waals surface area contributed by atoms with Crippen molar-refractivity contribution < 1.29 is 13.2 Å². The quantitative estimate of drug-likeness (QED) is 0.845. The van der Waals surface area contributed by atoms with Gasteiger partial charge in [0.15, 0.2) is 0 Å². The third-order valence-electron chi connectivity index (χ3n) is 2.99. The number of hydrogen-bond acceptors (Lipinski definition) is 3. The van der Waals surface area contributed by atoms with Gasteiger partial charge < -0.3 is 11.1 Å². The highest BCUT2D eigenvalue weighted by Gasteiger charge is 2.33. The zero-order valence-corrected chi connectivity index (χ0v) is 10.8. The number of benzene rings is 1. The molecule has 0 aliphatic carbocycles. The molecular weight excluding hydrogens is 267 g/mol. The van der Waals surface area contributed by atoms with Gasteiger partial charge in [-0.1, -0.05) is 0 Å². The van der Waals surface area contributed by atoms with Crippen molar-refractivity contribution in [2.24, 2.45) is 0 Å². The van der Waals surface area contributed by atoms with Gasteiger partial charge in [0.2, 0.25) is 0 Å². The van der Waals surface area contributed by atoms with Gasteiger partial charge in [0, 0.05) is 30.3 Å². The molecule has 106 valence electrons. The molecule has 2 aromatic rings. The van der Waals surface area contributed by atoms with Crippen LogP contribution in [0.1, 0.15) is 16.7 Å². The molecule has 0 aliphatic heterocycles. The summed E-state index contributed by atoms with van der Waals surface area (Å²) in [5, 5.41) is 2.95. The first kappa shape index (κ1) is 14.2. The molecule has 0 spiro atoms. The summed E-state index contributed by atoms with van der Waals surface area (Å²) in [7, 11) is 0. The monoisotopic (exact) mass is 281 g/mol. The zero-order valence-electron chi connectivity index (χ0n) is 10.8. The van der Waals surface area contributed by atoms with Gasteiger partial charge >= 0.3 is 6.18 Å². The molecule has 0 fully saturated rings. The summed E-state index contributed by atoms with van der Waals surface area (Å²) in [6, 6.07) is 5.64. The van der Waals surface area contributed by atoms with Crippen molar-refractivity contribution in [3.63, 3.8) is 0 Å². The molecule has 1 heterocycles. The molecule has 0 atom stereocenters. The standard InChI is InChI=1S/C14H14F3N3/c1-9-4-5-19-7-10(9)8-20-11-2-3-13(18)12(6-11)14(15,16)17/h2-7,20H,8,18H2,1H3. The number of nitrogens with two attached hydrogens (primary N) is 1. The fourth-order valence-corrected chi connectivity index (χ4v) is 1.79. The van der Waals surface area contributed by atoms with Crippen LogP contribution in [-0.2, 0) is 12.7 Å². The van der Waals surface area contributed by atoms with Gasteiger partial charge in [0.05, 0.1) is 5.56 Å². The third-order valence-corrected chi connectivity index (χ3v) is 2.99. The Labute approximate surface area is 114 Å². The van der Waals surface area contributed by atoms with Crippen LogP contribution in [0.15, 0.2) is 36.7 Å². The molecule has 20 heavy (non-hydrogen) atoms. The molecule has 0 bridgehead atoms. The Balaban J connectivity index is 2.17. The first-order valence-corrected chi connectivity index (χ1v) is 5.98. The number of aromatic nitrogens is 1. The Hall–Kier alpha value is -2.24. The van der Waals surface area contributed by atoms with Crippen molar-refractivity contribution in [3.05, 3.63) is 53.3 Å². The van der Waals surface area contributed by atoms with Gasteiger partial charge in [-0.05, 0) is 42.3 Å². The zero-order chi connectivity index (χ0) is 14.8. The molecule has 0 saturated heterocycles. The van der Waals surface area contributed by atoms with E-state index in [2.05, 4.69) is 10.3 Å². The van der Waals surface area contributed by atoms with E-state index in [9.17, 15) is 13.2 Å². The van der Waals surface area contributed by atoms with E-state index in [1.165, 1.54) is 12.1 Å².